The summed E-state index contributed by atoms with van der Waals surface area (Å²) in [6, 6.07) is 11.3. The van der Waals surface area contributed by atoms with E-state index in [1.54, 1.807) is 36.4 Å². The standard InChI is InChI=1S/C19H12N2O5/c1-10-14(17(22)21-18(23)15(10)9-20)8-11-6-7-16(26-11)12-4-2-3-5-13(12)19(24)25/h2-8H,1H3,(H,24,25)(H,21,22,23)/b14-8+. The number of nitrogens with one attached hydrogen (secondary N) is 1. The summed E-state index contributed by atoms with van der Waals surface area (Å²) < 4.78 is 5.65. The normalized spacial score (nSPS) is 15.8. The molecule has 2 aromatic rings. The Labute approximate surface area is 147 Å². The molecule has 7 heteroatoms. The number of nitrogens with zero attached hydrogens (tertiary/aromatic N) is 1. The van der Waals surface area contributed by atoms with Gasteiger partial charge in [-0.3, -0.25) is 14.9 Å². The predicted octanol–water partition coefficient (Wildman–Crippen LogP) is 2.52. The number of rotatable bonds is 3. The second-order valence-electron chi connectivity index (χ2n) is 5.51. The van der Waals surface area contributed by atoms with Gasteiger partial charge in [-0.25, -0.2) is 4.79 Å². The van der Waals surface area contributed by atoms with E-state index in [2.05, 4.69) is 5.32 Å². The van der Waals surface area contributed by atoms with E-state index in [1.165, 1.54) is 19.1 Å². The number of imide groups is 1. The minimum absolute atomic E-state index is 0.0879. The van der Waals surface area contributed by atoms with Gasteiger partial charge < -0.3 is 9.52 Å². The number of benzene rings is 1. The lowest BCUT2D eigenvalue weighted by Gasteiger charge is -2.15. The lowest BCUT2D eigenvalue weighted by molar-refractivity contribution is -0.126. The van der Waals surface area contributed by atoms with Crippen molar-refractivity contribution in [2.75, 3.05) is 0 Å². The van der Waals surface area contributed by atoms with Gasteiger partial charge in [0.15, 0.2) is 0 Å². The van der Waals surface area contributed by atoms with Crippen LogP contribution < -0.4 is 5.32 Å². The number of amides is 2. The predicted molar refractivity (Wildman–Crippen MR) is 90.5 cm³/mol. The van der Waals surface area contributed by atoms with Crippen LogP contribution in [-0.2, 0) is 9.59 Å². The maximum absolute atomic E-state index is 12.0. The average Bonchev–Trinajstić information content (AvgIpc) is 3.07. The lowest BCUT2D eigenvalue weighted by atomic mass is 9.96. The number of nitriles is 1. The summed E-state index contributed by atoms with van der Waals surface area (Å²) in [5.74, 6) is -1.84. The average molecular weight is 348 g/mol. The monoisotopic (exact) mass is 348 g/mol. The van der Waals surface area contributed by atoms with Gasteiger partial charge in [0.1, 0.15) is 23.2 Å². The summed E-state index contributed by atoms with van der Waals surface area (Å²) in [5.41, 5.74) is 0.736. The van der Waals surface area contributed by atoms with Gasteiger partial charge in [-0.15, -0.1) is 0 Å². The van der Waals surface area contributed by atoms with Crippen LogP contribution in [0.5, 0.6) is 0 Å². The number of hydrogen-bond acceptors (Lipinski definition) is 5. The number of carbonyl (C=O) groups is 3. The van der Waals surface area contributed by atoms with E-state index in [0.29, 0.717) is 11.3 Å². The van der Waals surface area contributed by atoms with Crippen molar-refractivity contribution in [2.45, 2.75) is 6.92 Å². The van der Waals surface area contributed by atoms with Crippen molar-refractivity contribution in [3.8, 4) is 17.4 Å². The number of carbonyl (C=O) groups excluding carboxylic acids is 2. The Morgan fingerprint density at radius 2 is 1.92 bits per heavy atom. The second kappa shape index (κ2) is 6.53. The summed E-state index contributed by atoms with van der Waals surface area (Å²) >= 11 is 0. The maximum atomic E-state index is 12.0. The highest BCUT2D eigenvalue weighted by atomic mass is 16.4. The van der Waals surface area contributed by atoms with E-state index in [9.17, 15) is 19.5 Å². The molecular formula is C19H12N2O5. The Morgan fingerprint density at radius 3 is 2.62 bits per heavy atom. The fraction of sp³-hybridized carbons (Fsp3) is 0.0526. The van der Waals surface area contributed by atoms with Crippen LogP contribution in [0.4, 0.5) is 0 Å². The SMILES string of the molecule is CC1=C(C#N)C(=O)NC(=O)/C1=C/c1ccc(-c2ccccc2C(=O)O)o1. The Kier molecular flexibility index (Phi) is 4.25. The number of furan rings is 1. The first-order valence-electron chi connectivity index (χ1n) is 7.53. The molecule has 1 aromatic heterocycles. The third kappa shape index (κ3) is 2.91. The molecule has 1 aliphatic heterocycles. The van der Waals surface area contributed by atoms with Crippen molar-refractivity contribution in [2.24, 2.45) is 0 Å². The molecular weight excluding hydrogens is 336 g/mol. The molecule has 0 unspecified atom stereocenters. The van der Waals surface area contributed by atoms with Crippen LogP contribution in [0.2, 0.25) is 0 Å². The number of carboxylic acids is 1. The highest BCUT2D eigenvalue weighted by Crippen LogP contribution is 2.28. The molecule has 0 saturated carbocycles. The maximum Gasteiger partial charge on any atom is 0.336 e. The van der Waals surface area contributed by atoms with E-state index in [0.717, 1.165) is 0 Å². The first-order valence-corrected chi connectivity index (χ1v) is 7.53. The molecule has 1 aromatic carbocycles. The van der Waals surface area contributed by atoms with E-state index >= 15 is 0 Å². The van der Waals surface area contributed by atoms with Crippen molar-refractivity contribution < 1.29 is 23.9 Å². The molecule has 2 amide bonds. The molecule has 0 spiro atoms. The van der Waals surface area contributed by atoms with Gasteiger partial charge in [-0.1, -0.05) is 18.2 Å². The second-order valence-corrected chi connectivity index (χ2v) is 5.51. The van der Waals surface area contributed by atoms with Gasteiger partial charge in [0.05, 0.1) is 5.56 Å². The van der Waals surface area contributed by atoms with E-state index in [-0.39, 0.29) is 28.0 Å². The van der Waals surface area contributed by atoms with Gasteiger partial charge >= 0.3 is 5.97 Å². The molecule has 7 nitrogen and oxygen atoms in total. The molecule has 3 rings (SSSR count). The fourth-order valence-electron chi connectivity index (χ4n) is 2.62. The fourth-order valence-corrected chi connectivity index (χ4v) is 2.62. The van der Waals surface area contributed by atoms with Crippen molar-refractivity contribution in [1.29, 1.82) is 5.26 Å². The first-order chi connectivity index (χ1) is 12.4. The van der Waals surface area contributed by atoms with E-state index in [1.807, 2.05) is 0 Å². The van der Waals surface area contributed by atoms with Crippen molar-refractivity contribution in [3.05, 3.63) is 64.4 Å². The minimum Gasteiger partial charge on any atom is -0.478 e. The molecule has 1 aliphatic rings. The summed E-state index contributed by atoms with van der Waals surface area (Å²) in [7, 11) is 0. The Balaban J connectivity index is 2.04. The van der Waals surface area contributed by atoms with E-state index in [4.69, 9.17) is 9.68 Å². The van der Waals surface area contributed by atoms with Crippen molar-refractivity contribution in [1.82, 2.24) is 5.32 Å². The van der Waals surface area contributed by atoms with Crippen LogP contribution in [0.25, 0.3) is 17.4 Å². The van der Waals surface area contributed by atoms with Crippen LogP contribution in [0, 0.1) is 11.3 Å². The summed E-state index contributed by atoms with van der Waals surface area (Å²) in [5, 5.41) is 20.4. The Hall–Kier alpha value is -3.92. The number of carboxylic acid groups (broad SMARTS) is 1. The highest BCUT2D eigenvalue weighted by Gasteiger charge is 2.27. The molecule has 128 valence electrons. The molecule has 0 fully saturated rings. The van der Waals surface area contributed by atoms with Gasteiger partial charge in [-0.2, -0.15) is 5.26 Å². The van der Waals surface area contributed by atoms with Gasteiger partial charge in [0, 0.05) is 11.1 Å². The van der Waals surface area contributed by atoms with Crippen molar-refractivity contribution in [3.63, 3.8) is 0 Å². The zero-order valence-electron chi connectivity index (χ0n) is 13.6. The van der Waals surface area contributed by atoms with Crippen LogP contribution in [0.1, 0.15) is 23.0 Å². The first kappa shape index (κ1) is 16.9. The molecule has 0 bridgehead atoms. The van der Waals surface area contributed by atoms with Crippen LogP contribution in [0.3, 0.4) is 0 Å². The van der Waals surface area contributed by atoms with Crippen LogP contribution in [-0.4, -0.2) is 22.9 Å². The smallest absolute Gasteiger partial charge is 0.336 e. The zero-order valence-corrected chi connectivity index (χ0v) is 13.6. The zero-order chi connectivity index (χ0) is 18.8. The molecule has 0 atom stereocenters. The highest BCUT2D eigenvalue weighted by molar-refractivity contribution is 6.19. The summed E-state index contributed by atoms with van der Waals surface area (Å²) in [6.45, 7) is 1.50. The minimum atomic E-state index is -1.08. The number of aromatic carboxylic acids is 1. The quantitative estimate of drug-likeness (QED) is 0.649. The summed E-state index contributed by atoms with van der Waals surface area (Å²) in [6.07, 6.45) is 1.40. The summed E-state index contributed by atoms with van der Waals surface area (Å²) in [4.78, 5) is 35.0. The topological polar surface area (TPSA) is 120 Å². The van der Waals surface area contributed by atoms with Gasteiger partial charge in [0.2, 0.25) is 0 Å². The van der Waals surface area contributed by atoms with E-state index < -0.39 is 17.8 Å². The Morgan fingerprint density at radius 1 is 1.19 bits per heavy atom. The molecule has 0 aliphatic carbocycles. The third-order valence-corrected chi connectivity index (χ3v) is 3.93. The van der Waals surface area contributed by atoms with Crippen molar-refractivity contribution >= 4 is 23.9 Å². The Bertz CT molecular complexity index is 1050. The molecule has 2 heterocycles. The largest absolute Gasteiger partial charge is 0.478 e. The van der Waals surface area contributed by atoms with Gasteiger partial charge in [-0.05, 0) is 36.8 Å². The van der Waals surface area contributed by atoms with Crippen LogP contribution >= 0.6 is 0 Å². The lowest BCUT2D eigenvalue weighted by Crippen LogP contribution is -2.37. The molecule has 0 saturated heterocycles. The van der Waals surface area contributed by atoms with Gasteiger partial charge in [0.25, 0.3) is 11.8 Å². The molecule has 2 N–H and O–H groups in total. The third-order valence-electron chi connectivity index (χ3n) is 3.93. The molecule has 26 heavy (non-hydrogen) atoms. The molecule has 0 radical (unpaired) electrons. The number of hydrogen-bond donors (Lipinski definition) is 2. The van der Waals surface area contributed by atoms with Crippen LogP contribution in [0.15, 0.2) is 57.5 Å².